The molecule has 2 fully saturated rings. The van der Waals surface area contributed by atoms with Crippen LogP contribution in [0.3, 0.4) is 0 Å². The fraction of sp³-hybridized carbons (Fsp3) is 1.00. The molecule has 2 aliphatic carbocycles. The van der Waals surface area contributed by atoms with Gasteiger partial charge in [-0.15, -0.1) is 0 Å². The maximum absolute atomic E-state index is 3.91. The van der Waals surface area contributed by atoms with Crippen LogP contribution in [-0.4, -0.2) is 12.1 Å². The Labute approximate surface area is 95.0 Å². The molecule has 88 valence electrons. The molecule has 0 aromatic rings. The van der Waals surface area contributed by atoms with E-state index in [1.807, 2.05) is 0 Å². The van der Waals surface area contributed by atoms with Gasteiger partial charge in [0.25, 0.3) is 0 Å². The second-order valence-electron chi connectivity index (χ2n) is 6.46. The Kier molecular flexibility index (Phi) is 3.71. The van der Waals surface area contributed by atoms with Crippen molar-refractivity contribution in [2.75, 3.05) is 0 Å². The molecule has 15 heavy (non-hydrogen) atoms. The van der Waals surface area contributed by atoms with Gasteiger partial charge in [0.1, 0.15) is 0 Å². The molecule has 0 bridgehead atoms. The molecule has 1 N–H and O–H groups in total. The first-order chi connectivity index (χ1) is 7.16. The van der Waals surface area contributed by atoms with E-state index in [9.17, 15) is 0 Å². The van der Waals surface area contributed by atoms with E-state index in [1.54, 1.807) is 0 Å². The van der Waals surface area contributed by atoms with Crippen LogP contribution >= 0.6 is 0 Å². The second-order valence-corrected chi connectivity index (χ2v) is 6.46. The number of nitrogens with one attached hydrogen (secondary N) is 1. The van der Waals surface area contributed by atoms with Gasteiger partial charge in [0.15, 0.2) is 0 Å². The Morgan fingerprint density at radius 2 is 1.53 bits per heavy atom. The zero-order valence-corrected chi connectivity index (χ0v) is 10.5. The second kappa shape index (κ2) is 4.86. The van der Waals surface area contributed by atoms with Crippen LogP contribution in [-0.2, 0) is 0 Å². The lowest BCUT2D eigenvalue weighted by Gasteiger charge is -2.23. The van der Waals surface area contributed by atoms with Crippen LogP contribution in [0.5, 0.6) is 0 Å². The minimum Gasteiger partial charge on any atom is -0.311 e. The fourth-order valence-electron chi connectivity index (χ4n) is 3.36. The topological polar surface area (TPSA) is 12.0 Å². The highest BCUT2D eigenvalue weighted by Crippen LogP contribution is 2.37. The van der Waals surface area contributed by atoms with E-state index in [0.717, 1.165) is 12.1 Å². The molecule has 2 rings (SSSR count). The summed E-state index contributed by atoms with van der Waals surface area (Å²) in [6.07, 6.45) is 12.9. The van der Waals surface area contributed by atoms with Gasteiger partial charge in [-0.1, -0.05) is 39.5 Å². The summed E-state index contributed by atoms with van der Waals surface area (Å²) in [6, 6.07) is 1.66. The normalized spacial score (nSPS) is 32.8. The van der Waals surface area contributed by atoms with Gasteiger partial charge in [-0.3, -0.25) is 0 Å². The molecule has 0 spiro atoms. The predicted molar refractivity (Wildman–Crippen MR) is 66.0 cm³/mol. The Balaban J connectivity index is 1.76. The largest absolute Gasteiger partial charge is 0.311 e. The van der Waals surface area contributed by atoms with Crippen LogP contribution in [0.4, 0.5) is 0 Å². The molecule has 1 heteroatoms. The first-order valence-electron chi connectivity index (χ1n) is 6.92. The van der Waals surface area contributed by atoms with Crippen molar-refractivity contribution in [1.29, 1.82) is 0 Å². The lowest BCUT2D eigenvalue weighted by molar-refractivity contribution is 0.342. The summed E-state index contributed by atoms with van der Waals surface area (Å²) in [7, 11) is 0. The van der Waals surface area contributed by atoms with Crippen molar-refractivity contribution in [2.45, 2.75) is 83.7 Å². The maximum Gasteiger partial charge on any atom is 0.00749 e. The molecule has 0 saturated heterocycles. The molecule has 2 saturated carbocycles. The Morgan fingerprint density at radius 1 is 0.867 bits per heavy atom. The molecule has 0 aromatic heterocycles. The summed E-state index contributed by atoms with van der Waals surface area (Å²) in [5.41, 5.74) is 0.600. The van der Waals surface area contributed by atoms with Crippen LogP contribution in [0.2, 0.25) is 0 Å². The van der Waals surface area contributed by atoms with Gasteiger partial charge in [-0.05, 0) is 37.5 Å². The molecule has 0 aromatic carbocycles. The summed E-state index contributed by atoms with van der Waals surface area (Å²) < 4.78 is 0. The molecular weight excluding hydrogens is 182 g/mol. The van der Waals surface area contributed by atoms with Crippen LogP contribution in [0.1, 0.15) is 71.6 Å². The quantitative estimate of drug-likeness (QED) is 0.681. The summed E-state index contributed by atoms with van der Waals surface area (Å²) >= 11 is 0. The van der Waals surface area contributed by atoms with Crippen molar-refractivity contribution in [3.63, 3.8) is 0 Å². The summed E-state index contributed by atoms with van der Waals surface area (Å²) in [5, 5.41) is 3.91. The minimum atomic E-state index is 0.600. The Morgan fingerprint density at radius 3 is 2.07 bits per heavy atom. The zero-order valence-electron chi connectivity index (χ0n) is 10.5. The third-order valence-electron chi connectivity index (χ3n) is 4.30. The van der Waals surface area contributed by atoms with Crippen LogP contribution in [0, 0.1) is 5.41 Å². The molecule has 0 amide bonds. The van der Waals surface area contributed by atoms with Crippen molar-refractivity contribution < 1.29 is 0 Å². The lowest BCUT2D eigenvalue weighted by atomic mass is 9.91. The number of rotatable bonds is 2. The highest BCUT2D eigenvalue weighted by molar-refractivity contribution is 4.88. The van der Waals surface area contributed by atoms with E-state index in [4.69, 9.17) is 0 Å². The zero-order chi connectivity index (χ0) is 10.7. The Hall–Kier alpha value is -0.0400. The van der Waals surface area contributed by atoms with Crippen molar-refractivity contribution in [3.8, 4) is 0 Å². The van der Waals surface area contributed by atoms with Gasteiger partial charge in [-0.2, -0.15) is 0 Å². The van der Waals surface area contributed by atoms with Crippen molar-refractivity contribution in [2.24, 2.45) is 5.41 Å². The van der Waals surface area contributed by atoms with Crippen LogP contribution < -0.4 is 5.32 Å². The van der Waals surface area contributed by atoms with Crippen molar-refractivity contribution in [1.82, 2.24) is 5.32 Å². The monoisotopic (exact) mass is 209 g/mol. The van der Waals surface area contributed by atoms with Gasteiger partial charge in [-0.25, -0.2) is 0 Å². The summed E-state index contributed by atoms with van der Waals surface area (Å²) in [4.78, 5) is 0. The van der Waals surface area contributed by atoms with Crippen LogP contribution in [0.15, 0.2) is 0 Å². The SMILES string of the molecule is CC1(C)CCC(NC2CCCCCC2)C1. The van der Waals surface area contributed by atoms with E-state index in [2.05, 4.69) is 19.2 Å². The third kappa shape index (κ3) is 3.48. The van der Waals surface area contributed by atoms with E-state index in [1.165, 1.54) is 57.8 Å². The molecule has 1 unspecified atom stereocenters. The number of hydrogen-bond donors (Lipinski definition) is 1. The van der Waals surface area contributed by atoms with E-state index >= 15 is 0 Å². The first-order valence-corrected chi connectivity index (χ1v) is 6.92. The van der Waals surface area contributed by atoms with Gasteiger partial charge < -0.3 is 5.32 Å². The molecule has 0 aliphatic heterocycles. The first kappa shape index (κ1) is 11.4. The van der Waals surface area contributed by atoms with E-state index in [-0.39, 0.29) is 0 Å². The summed E-state index contributed by atoms with van der Waals surface area (Å²) in [6.45, 7) is 4.84. The van der Waals surface area contributed by atoms with E-state index < -0.39 is 0 Å². The molecule has 0 radical (unpaired) electrons. The standard InChI is InChI=1S/C14H27N/c1-14(2)10-9-13(11-14)15-12-7-5-3-4-6-8-12/h12-13,15H,3-11H2,1-2H3. The van der Waals surface area contributed by atoms with Gasteiger partial charge in [0.05, 0.1) is 0 Å². The van der Waals surface area contributed by atoms with Gasteiger partial charge in [0, 0.05) is 12.1 Å². The maximum atomic E-state index is 3.91. The highest BCUT2D eigenvalue weighted by atomic mass is 15.0. The van der Waals surface area contributed by atoms with Crippen molar-refractivity contribution >= 4 is 0 Å². The molecular formula is C14H27N. The fourth-order valence-corrected chi connectivity index (χ4v) is 3.36. The van der Waals surface area contributed by atoms with Crippen molar-refractivity contribution in [3.05, 3.63) is 0 Å². The molecule has 0 heterocycles. The smallest absolute Gasteiger partial charge is 0.00749 e. The number of hydrogen-bond acceptors (Lipinski definition) is 1. The molecule has 2 aliphatic rings. The minimum absolute atomic E-state index is 0.600. The van der Waals surface area contributed by atoms with Gasteiger partial charge >= 0.3 is 0 Å². The lowest BCUT2D eigenvalue weighted by Crippen LogP contribution is -2.36. The molecule has 1 atom stereocenters. The van der Waals surface area contributed by atoms with Crippen LogP contribution in [0.25, 0.3) is 0 Å². The summed E-state index contributed by atoms with van der Waals surface area (Å²) in [5.74, 6) is 0. The highest BCUT2D eigenvalue weighted by Gasteiger charge is 2.31. The average molecular weight is 209 g/mol. The van der Waals surface area contributed by atoms with Gasteiger partial charge in [0.2, 0.25) is 0 Å². The average Bonchev–Trinajstić information content (AvgIpc) is 2.41. The third-order valence-corrected chi connectivity index (χ3v) is 4.30. The Bertz CT molecular complexity index is 187. The molecule has 1 nitrogen and oxygen atoms in total. The predicted octanol–water partition coefficient (Wildman–Crippen LogP) is 3.88. The van der Waals surface area contributed by atoms with E-state index in [0.29, 0.717) is 5.41 Å².